The fraction of sp³-hybridized carbons (Fsp3) is 0.385. The van der Waals surface area contributed by atoms with Gasteiger partial charge in [0.2, 0.25) is 15.9 Å². The maximum absolute atomic E-state index is 11.7. The quantitative estimate of drug-likeness (QED) is 0.725. The minimum atomic E-state index is -3.86. The number of amides is 1. The molecule has 0 aromatic heterocycles. The van der Waals surface area contributed by atoms with Gasteiger partial charge in [-0.3, -0.25) is 9.59 Å². The topological polar surface area (TPSA) is 127 Å². The second-order valence-corrected chi connectivity index (χ2v) is 6.31. The number of hydrogen-bond acceptors (Lipinski definition) is 4. The normalized spacial score (nSPS) is 11.2. The smallest absolute Gasteiger partial charge is 0.303 e. The SMILES string of the molecule is Cc1cc(S(N)(=O)=O)cc(NC(=O)CCCC(=O)O)c1C. The molecule has 1 aromatic rings. The zero-order chi connectivity index (χ0) is 16.2. The van der Waals surface area contributed by atoms with Crippen LogP contribution >= 0.6 is 0 Å². The molecule has 0 heterocycles. The molecule has 8 heteroatoms. The third-order valence-electron chi connectivity index (χ3n) is 3.04. The number of nitrogens with one attached hydrogen (secondary N) is 1. The molecule has 0 unspecified atom stereocenters. The molecule has 1 amide bonds. The highest BCUT2D eigenvalue weighted by molar-refractivity contribution is 7.89. The van der Waals surface area contributed by atoms with Gasteiger partial charge >= 0.3 is 5.97 Å². The van der Waals surface area contributed by atoms with E-state index in [9.17, 15) is 18.0 Å². The summed E-state index contributed by atoms with van der Waals surface area (Å²) in [6.07, 6.45) is 0.168. The van der Waals surface area contributed by atoms with Gasteiger partial charge in [-0.2, -0.15) is 0 Å². The van der Waals surface area contributed by atoms with Gasteiger partial charge < -0.3 is 10.4 Å². The Labute approximate surface area is 123 Å². The van der Waals surface area contributed by atoms with E-state index in [-0.39, 0.29) is 30.1 Å². The number of sulfonamides is 1. The Hall–Kier alpha value is -1.93. The van der Waals surface area contributed by atoms with Gasteiger partial charge in [-0.15, -0.1) is 0 Å². The molecule has 0 bridgehead atoms. The first-order valence-corrected chi connectivity index (χ1v) is 7.81. The predicted octanol–water partition coefficient (Wildman–Crippen LogP) is 1.14. The van der Waals surface area contributed by atoms with Gasteiger partial charge in [0, 0.05) is 18.5 Å². The molecule has 21 heavy (non-hydrogen) atoms. The number of carboxylic acids is 1. The third-order valence-corrected chi connectivity index (χ3v) is 3.93. The summed E-state index contributed by atoms with van der Waals surface area (Å²) in [5, 5.41) is 16.2. The molecule has 1 aromatic carbocycles. The standard InChI is InChI=1S/C13H18N2O5S/c1-8-6-10(21(14,19)20)7-11(9(8)2)15-12(16)4-3-5-13(17)18/h6-7H,3-5H2,1-2H3,(H,15,16)(H,17,18)(H2,14,19,20). The number of benzene rings is 1. The Balaban J connectivity index is 2.90. The summed E-state index contributed by atoms with van der Waals surface area (Å²) in [6.45, 7) is 3.46. The fourth-order valence-corrected chi connectivity index (χ4v) is 2.36. The number of anilines is 1. The van der Waals surface area contributed by atoms with Gasteiger partial charge in [-0.25, -0.2) is 13.6 Å². The average Bonchev–Trinajstić information content (AvgIpc) is 2.32. The van der Waals surface area contributed by atoms with Crippen LogP contribution < -0.4 is 10.5 Å². The van der Waals surface area contributed by atoms with Crippen LogP contribution in [0.25, 0.3) is 0 Å². The van der Waals surface area contributed by atoms with Crippen molar-refractivity contribution in [3.8, 4) is 0 Å². The number of rotatable bonds is 6. The van der Waals surface area contributed by atoms with Crippen LogP contribution in [0.2, 0.25) is 0 Å². The number of primary sulfonamides is 1. The first kappa shape index (κ1) is 17.1. The molecule has 0 aliphatic heterocycles. The van der Waals surface area contributed by atoms with Crippen molar-refractivity contribution in [2.24, 2.45) is 5.14 Å². The zero-order valence-electron chi connectivity index (χ0n) is 11.8. The Morgan fingerprint density at radius 2 is 1.86 bits per heavy atom. The molecule has 0 saturated heterocycles. The van der Waals surface area contributed by atoms with Gasteiger partial charge in [0.05, 0.1) is 4.90 Å². The van der Waals surface area contributed by atoms with Crippen molar-refractivity contribution in [2.45, 2.75) is 38.0 Å². The highest BCUT2D eigenvalue weighted by Gasteiger charge is 2.14. The summed E-state index contributed by atoms with van der Waals surface area (Å²) >= 11 is 0. The van der Waals surface area contributed by atoms with Gasteiger partial charge in [0.25, 0.3) is 0 Å². The van der Waals surface area contributed by atoms with Gasteiger partial charge in [-0.1, -0.05) is 0 Å². The number of carbonyl (C=O) groups is 2. The van der Waals surface area contributed by atoms with Crippen LogP contribution in [0.15, 0.2) is 17.0 Å². The van der Waals surface area contributed by atoms with Crippen molar-refractivity contribution in [1.29, 1.82) is 0 Å². The predicted molar refractivity (Wildman–Crippen MR) is 77.4 cm³/mol. The lowest BCUT2D eigenvalue weighted by atomic mass is 10.1. The Morgan fingerprint density at radius 1 is 1.24 bits per heavy atom. The lowest BCUT2D eigenvalue weighted by molar-refractivity contribution is -0.137. The van der Waals surface area contributed by atoms with Crippen LogP contribution in [-0.4, -0.2) is 25.4 Å². The van der Waals surface area contributed by atoms with E-state index in [0.29, 0.717) is 11.3 Å². The van der Waals surface area contributed by atoms with Crippen molar-refractivity contribution < 1.29 is 23.1 Å². The van der Waals surface area contributed by atoms with E-state index in [0.717, 1.165) is 5.56 Å². The van der Waals surface area contributed by atoms with Crippen LogP contribution in [0.1, 0.15) is 30.4 Å². The molecule has 4 N–H and O–H groups in total. The lowest BCUT2D eigenvalue weighted by Gasteiger charge is -2.12. The molecule has 0 aliphatic carbocycles. The van der Waals surface area contributed by atoms with Crippen molar-refractivity contribution in [3.63, 3.8) is 0 Å². The summed E-state index contributed by atoms with van der Waals surface area (Å²) in [5.74, 6) is -1.34. The molecule has 0 fully saturated rings. The Kier molecular flexibility index (Phi) is 5.45. The second-order valence-electron chi connectivity index (χ2n) is 4.75. The zero-order valence-corrected chi connectivity index (χ0v) is 12.7. The van der Waals surface area contributed by atoms with Crippen LogP contribution in [0.3, 0.4) is 0 Å². The van der Waals surface area contributed by atoms with E-state index < -0.39 is 16.0 Å². The summed E-state index contributed by atoms with van der Waals surface area (Å²) in [7, 11) is -3.86. The molecule has 1 rings (SSSR count). The van der Waals surface area contributed by atoms with Crippen molar-refractivity contribution >= 4 is 27.6 Å². The molecule has 7 nitrogen and oxygen atoms in total. The van der Waals surface area contributed by atoms with E-state index in [1.807, 2.05) is 0 Å². The Morgan fingerprint density at radius 3 is 2.38 bits per heavy atom. The minimum Gasteiger partial charge on any atom is -0.481 e. The minimum absolute atomic E-state index is 0.0460. The van der Waals surface area contributed by atoms with Gasteiger partial charge in [0.15, 0.2) is 0 Å². The molecule has 0 spiro atoms. The number of aryl methyl sites for hydroxylation is 1. The number of aliphatic carboxylic acids is 1. The highest BCUT2D eigenvalue weighted by Crippen LogP contribution is 2.23. The van der Waals surface area contributed by atoms with E-state index in [2.05, 4.69) is 5.32 Å². The molecule has 0 saturated carbocycles. The maximum atomic E-state index is 11.7. The fourth-order valence-electron chi connectivity index (χ4n) is 1.73. The van der Waals surface area contributed by atoms with E-state index in [1.54, 1.807) is 13.8 Å². The van der Waals surface area contributed by atoms with Crippen LogP contribution in [0.5, 0.6) is 0 Å². The highest BCUT2D eigenvalue weighted by atomic mass is 32.2. The van der Waals surface area contributed by atoms with E-state index in [1.165, 1.54) is 12.1 Å². The molecule has 0 radical (unpaired) electrons. The summed E-state index contributed by atoms with van der Waals surface area (Å²) in [5.41, 5.74) is 1.77. The third kappa shape index (κ3) is 5.16. The van der Waals surface area contributed by atoms with Gasteiger partial charge in [-0.05, 0) is 43.5 Å². The lowest BCUT2D eigenvalue weighted by Crippen LogP contribution is -2.16. The van der Waals surface area contributed by atoms with Crippen LogP contribution in [0.4, 0.5) is 5.69 Å². The summed E-state index contributed by atoms with van der Waals surface area (Å²) in [6, 6.07) is 2.73. The van der Waals surface area contributed by atoms with E-state index in [4.69, 9.17) is 10.2 Å². The van der Waals surface area contributed by atoms with Gasteiger partial charge in [0.1, 0.15) is 0 Å². The molecule has 0 atom stereocenters. The monoisotopic (exact) mass is 314 g/mol. The number of carboxylic acid groups (broad SMARTS) is 1. The van der Waals surface area contributed by atoms with Crippen LogP contribution in [-0.2, 0) is 19.6 Å². The molecule has 116 valence electrons. The second kappa shape index (κ2) is 6.68. The number of nitrogens with two attached hydrogens (primary N) is 1. The number of hydrogen-bond donors (Lipinski definition) is 3. The van der Waals surface area contributed by atoms with Crippen molar-refractivity contribution in [1.82, 2.24) is 0 Å². The summed E-state index contributed by atoms with van der Waals surface area (Å²) in [4.78, 5) is 22.0. The maximum Gasteiger partial charge on any atom is 0.303 e. The molecule has 0 aliphatic rings. The van der Waals surface area contributed by atoms with Crippen LogP contribution in [0, 0.1) is 13.8 Å². The van der Waals surface area contributed by atoms with Crippen molar-refractivity contribution in [2.75, 3.05) is 5.32 Å². The number of carbonyl (C=O) groups excluding carboxylic acids is 1. The Bertz CT molecular complexity index is 667. The van der Waals surface area contributed by atoms with E-state index >= 15 is 0 Å². The largest absolute Gasteiger partial charge is 0.481 e. The first-order valence-electron chi connectivity index (χ1n) is 6.27. The van der Waals surface area contributed by atoms with Crippen molar-refractivity contribution in [3.05, 3.63) is 23.3 Å². The molecular weight excluding hydrogens is 296 g/mol. The average molecular weight is 314 g/mol. The first-order chi connectivity index (χ1) is 9.61. The summed E-state index contributed by atoms with van der Waals surface area (Å²) < 4.78 is 22.8. The molecular formula is C13H18N2O5S.